The van der Waals surface area contributed by atoms with Crippen molar-refractivity contribution in [1.82, 2.24) is 4.98 Å². The molecule has 1 heterocycles. The van der Waals surface area contributed by atoms with Crippen LogP contribution >= 0.6 is 0 Å². The number of aliphatic hydroxyl groups is 1. The van der Waals surface area contributed by atoms with Crippen LogP contribution < -0.4 is 0 Å². The van der Waals surface area contributed by atoms with Crippen LogP contribution in [0.2, 0.25) is 0 Å². The molecule has 0 bridgehead atoms. The third kappa shape index (κ3) is 9.69. The van der Waals surface area contributed by atoms with Gasteiger partial charge in [-0.25, -0.2) is 0 Å². The van der Waals surface area contributed by atoms with Gasteiger partial charge in [0.2, 0.25) is 0 Å². The van der Waals surface area contributed by atoms with Gasteiger partial charge in [-0.2, -0.15) is 0 Å². The summed E-state index contributed by atoms with van der Waals surface area (Å²) in [6, 6.07) is 18.8. The van der Waals surface area contributed by atoms with Gasteiger partial charge in [0.25, 0.3) is 0 Å². The van der Waals surface area contributed by atoms with E-state index >= 15 is 0 Å². The summed E-state index contributed by atoms with van der Waals surface area (Å²) in [6.07, 6.45) is 2.47. The summed E-state index contributed by atoms with van der Waals surface area (Å²) in [7, 11) is 0. The molecule has 0 amide bonds. The van der Waals surface area contributed by atoms with Gasteiger partial charge in [-0.15, -0.1) is 34.9 Å². The van der Waals surface area contributed by atoms with E-state index in [-0.39, 0.29) is 42.5 Å². The number of fused-ring (bicyclic) bond motifs is 1. The Morgan fingerprint density at radius 1 is 0.974 bits per heavy atom. The molecule has 39 heavy (non-hydrogen) atoms. The van der Waals surface area contributed by atoms with E-state index in [0.29, 0.717) is 5.92 Å². The zero-order chi connectivity index (χ0) is 29.1. The summed E-state index contributed by atoms with van der Waals surface area (Å²) in [5.74, 6) is 0.654. The number of allylic oxidation sites excluding steroid dienone is 2. The number of rotatable bonds is 4. The fraction of sp³-hybridized carbons (Fsp3) is 0.486. The molecule has 0 aliphatic carbocycles. The molecule has 3 nitrogen and oxygen atoms in total. The van der Waals surface area contributed by atoms with Gasteiger partial charge in [0, 0.05) is 42.4 Å². The first kappa shape index (κ1) is 34.7. The normalized spacial score (nSPS) is 13.3. The molecule has 0 saturated carbocycles. The number of aliphatic hydroxyl groups excluding tert-OH is 1. The van der Waals surface area contributed by atoms with E-state index < -0.39 is 5.41 Å². The molecule has 0 aliphatic heterocycles. The van der Waals surface area contributed by atoms with E-state index in [9.17, 15) is 9.90 Å². The fourth-order valence-corrected chi connectivity index (χ4v) is 3.82. The molecule has 3 rings (SSSR count). The molecule has 0 aliphatic rings. The average Bonchev–Trinajstić information content (AvgIpc) is 2.81. The molecule has 1 N–H and O–H groups in total. The topological polar surface area (TPSA) is 50.2 Å². The van der Waals surface area contributed by atoms with Crippen molar-refractivity contribution in [2.24, 2.45) is 10.8 Å². The number of nitrogens with zero attached hydrogens (tertiary/aromatic N) is 1. The van der Waals surface area contributed by atoms with Crippen LogP contribution in [0.5, 0.6) is 0 Å². The van der Waals surface area contributed by atoms with Crippen molar-refractivity contribution in [2.45, 2.75) is 101 Å². The predicted molar refractivity (Wildman–Crippen MR) is 163 cm³/mol. The molecule has 2 aromatic carbocycles. The van der Waals surface area contributed by atoms with Gasteiger partial charge in [-0.05, 0) is 35.1 Å². The zero-order valence-corrected chi connectivity index (χ0v) is 28.4. The van der Waals surface area contributed by atoms with E-state index in [0.717, 1.165) is 28.8 Å². The van der Waals surface area contributed by atoms with E-state index in [1.165, 1.54) is 22.6 Å². The van der Waals surface area contributed by atoms with Gasteiger partial charge >= 0.3 is 0 Å². The first-order valence-electron chi connectivity index (χ1n) is 13.7. The molecule has 1 aromatic heterocycles. The van der Waals surface area contributed by atoms with Crippen LogP contribution in [0.25, 0.3) is 22.2 Å². The summed E-state index contributed by atoms with van der Waals surface area (Å²) in [4.78, 5) is 16.4. The SMILES string of the molecule is CC(C)(C)C(=O)/C=C(\O)C(C)(C)C.CCC(C)c1cccc2nc(-c3[c-]c(C)cc(C(C)(C)C)c3)ccc12.[Ir]. The number of carbonyl (C=O) groups is 1. The maximum Gasteiger partial charge on any atom is 0.164 e. The first-order chi connectivity index (χ1) is 17.3. The number of aryl methyl sites for hydroxylation is 1. The van der Waals surface area contributed by atoms with Crippen molar-refractivity contribution < 1.29 is 30.0 Å². The van der Waals surface area contributed by atoms with Crippen molar-refractivity contribution in [3.05, 3.63) is 77.1 Å². The van der Waals surface area contributed by atoms with Crippen molar-refractivity contribution in [2.75, 3.05) is 0 Å². The molecule has 4 heteroatoms. The number of carbonyl (C=O) groups excluding carboxylic acids is 1. The Balaban J connectivity index is 0.000000466. The first-order valence-corrected chi connectivity index (χ1v) is 13.7. The van der Waals surface area contributed by atoms with E-state index in [1.807, 2.05) is 41.5 Å². The molecule has 1 radical (unpaired) electrons. The quantitative estimate of drug-likeness (QED) is 0.167. The predicted octanol–water partition coefficient (Wildman–Crippen LogP) is 9.91. The van der Waals surface area contributed by atoms with Gasteiger partial charge < -0.3 is 5.11 Å². The van der Waals surface area contributed by atoms with Crippen molar-refractivity contribution >= 4 is 16.7 Å². The molecule has 1 atom stereocenters. The molecular formula is C35H48IrNO2-. The monoisotopic (exact) mass is 707 g/mol. The van der Waals surface area contributed by atoms with Gasteiger partial charge in [-0.3, -0.25) is 9.78 Å². The number of hydrogen-bond donors (Lipinski definition) is 1. The maximum atomic E-state index is 11.5. The van der Waals surface area contributed by atoms with Gasteiger partial charge in [0.15, 0.2) is 5.78 Å². The number of aromatic nitrogens is 1. The van der Waals surface area contributed by atoms with Gasteiger partial charge in [0.05, 0.1) is 5.52 Å². The zero-order valence-electron chi connectivity index (χ0n) is 26.0. The van der Waals surface area contributed by atoms with E-state index in [2.05, 4.69) is 90.1 Å². The molecule has 215 valence electrons. The second-order valence-corrected chi connectivity index (χ2v) is 13.5. The Bertz CT molecular complexity index is 1300. The fourth-order valence-electron chi connectivity index (χ4n) is 3.82. The number of ketones is 1. The van der Waals surface area contributed by atoms with Crippen LogP contribution in [-0.2, 0) is 30.3 Å². The largest absolute Gasteiger partial charge is 0.512 e. The van der Waals surface area contributed by atoms with Crippen LogP contribution in [0.3, 0.4) is 0 Å². The van der Waals surface area contributed by atoms with Gasteiger partial charge in [-0.1, -0.05) is 107 Å². The Hall–Kier alpha value is -2.29. The Labute approximate surface area is 250 Å². The number of hydrogen-bond acceptors (Lipinski definition) is 3. The second kappa shape index (κ2) is 13.4. The van der Waals surface area contributed by atoms with Crippen LogP contribution in [0.15, 0.2) is 54.3 Å². The number of benzene rings is 2. The summed E-state index contributed by atoms with van der Waals surface area (Å²) in [6.45, 7) is 24.5. The summed E-state index contributed by atoms with van der Waals surface area (Å²) < 4.78 is 0. The molecule has 0 spiro atoms. The van der Waals surface area contributed by atoms with E-state index in [4.69, 9.17) is 4.98 Å². The molecular weight excluding hydrogens is 659 g/mol. The molecule has 3 aromatic rings. The third-order valence-electron chi connectivity index (χ3n) is 6.83. The van der Waals surface area contributed by atoms with Crippen LogP contribution in [0.1, 0.15) is 105 Å². The third-order valence-corrected chi connectivity index (χ3v) is 6.83. The minimum Gasteiger partial charge on any atom is -0.512 e. The van der Waals surface area contributed by atoms with Crippen molar-refractivity contribution in [1.29, 1.82) is 0 Å². The minimum absolute atomic E-state index is 0. The van der Waals surface area contributed by atoms with Crippen LogP contribution in [0, 0.1) is 23.8 Å². The molecule has 0 fully saturated rings. The minimum atomic E-state index is -0.417. The molecule has 1 unspecified atom stereocenters. The maximum absolute atomic E-state index is 11.5. The van der Waals surface area contributed by atoms with Crippen molar-refractivity contribution in [3.63, 3.8) is 0 Å². The van der Waals surface area contributed by atoms with Crippen molar-refractivity contribution in [3.8, 4) is 11.3 Å². The molecule has 0 saturated heterocycles. The van der Waals surface area contributed by atoms with E-state index in [1.54, 1.807) is 0 Å². The summed E-state index contributed by atoms with van der Waals surface area (Å²) in [5.41, 5.74) is 6.40. The standard InChI is InChI=1S/C24H28N.C11H20O2.Ir/c1-7-17(3)20-9-8-10-23-21(20)11-12-22(25-23)18-13-16(2)14-19(15-18)24(4,5)6;1-10(2,3)8(12)7-9(13)11(4,5)6;/h8-12,14-15,17H,7H2,1-6H3;7,12H,1-6H3;/q-1;;/b;8-7-;. The Morgan fingerprint density at radius 3 is 2.10 bits per heavy atom. The van der Waals surface area contributed by atoms with Crippen LogP contribution in [0.4, 0.5) is 0 Å². The Kier molecular flexibility index (Phi) is 11.9. The smallest absolute Gasteiger partial charge is 0.164 e. The Morgan fingerprint density at radius 2 is 1.59 bits per heavy atom. The number of pyridine rings is 1. The average molecular weight is 707 g/mol. The second-order valence-electron chi connectivity index (χ2n) is 13.5. The van der Waals surface area contributed by atoms with Crippen LogP contribution in [-0.4, -0.2) is 15.9 Å². The van der Waals surface area contributed by atoms with Gasteiger partial charge in [0.1, 0.15) is 5.76 Å². The summed E-state index contributed by atoms with van der Waals surface area (Å²) >= 11 is 0. The summed E-state index contributed by atoms with van der Waals surface area (Å²) in [5, 5.41) is 10.8.